The molecule has 0 bridgehead atoms. The number of aryl methyl sites for hydroxylation is 1. The molecule has 1 aliphatic rings. The maximum Gasteiger partial charge on any atom is 0.321 e. The summed E-state index contributed by atoms with van der Waals surface area (Å²) in [6, 6.07) is 5.95. The van der Waals surface area contributed by atoms with Gasteiger partial charge >= 0.3 is 5.97 Å². The van der Waals surface area contributed by atoms with Crippen LogP contribution in [0.5, 0.6) is 0 Å². The molecule has 1 aromatic rings. The Morgan fingerprint density at radius 2 is 2.19 bits per heavy atom. The van der Waals surface area contributed by atoms with E-state index < -0.39 is 5.97 Å². The Morgan fingerprint density at radius 3 is 2.88 bits per heavy atom. The topological polar surface area (TPSA) is 40.5 Å². The smallest absolute Gasteiger partial charge is 0.321 e. The first-order valence-electron chi connectivity index (χ1n) is 5.59. The maximum absolute atomic E-state index is 11.2. The summed E-state index contributed by atoms with van der Waals surface area (Å²) in [6.07, 6.45) is 1.55. The molecule has 0 spiro atoms. The monoisotopic (exact) mass is 219 g/mol. The quantitative estimate of drug-likeness (QED) is 0.777. The van der Waals surface area contributed by atoms with E-state index in [1.807, 2.05) is 18.9 Å². The lowest BCUT2D eigenvalue weighted by atomic mass is 9.98. The van der Waals surface area contributed by atoms with Gasteiger partial charge in [0, 0.05) is 6.54 Å². The standard InChI is InChI=1S/C13H17NO2/c1-9-3-4-10-5-6-14(2)12(13(15)16)8-11(10)7-9/h3-4,7,12H,5-6,8H2,1-2H3,(H,15,16). The Bertz CT molecular complexity index is 414. The number of nitrogens with zero attached hydrogens (tertiary/aromatic N) is 1. The van der Waals surface area contributed by atoms with Gasteiger partial charge in [-0.05, 0) is 37.9 Å². The maximum atomic E-state index is 11.2. The van der Waals surface area contributed by atoms with E-state index in [2.05, 4.69) is 18.2 Å². The number of rotatable bonds is 1. The van der Waals surface area contributed by atoms with Crippen molar-refractivity contribution < 1.29 is 9.90 Å². The summed E-state index contributed by atoms with van der Waals surface area (Å²) in [4.78, 5) is 13.1. The first-order valence-corrected chi connectivity index (χ1v) is 5.59. The number of hydrogen-bond donors (Lipinski definition) is 1. The van der Waals surface area contributed by atoms with Gasteiger partial charge in [0.1, 0.15) is 6.04 Å². The van der Waals surface area contributed by atoms with Gasteiger partial charge in [0.2, 0.25) is 0 Å². The van der Waals surface area contributed by atoms with Gasteiger partial charge < -0.3 is 5.11 Å². The number of carboxylic acid groups (broad SMARTS) is 1. The van der Waals surface area contributed by atoms with Gasteiger partial charge in [-0.15, -0.1) is 0 Å². The fraction of sp³-hybridized carbons (Fsp3) is 0.462. The number of carbonyl (C=O) groups is 1. The molecule has 0 aliphatic carbocycles. The number of aliphatic carboxylic acids is 1. The number of carboxylic acids is 1. The zero-order valence-electron chi connectivity index (χ0n) is 9.73. The molecular weight excluding hydrogens is 202 g/mol. The van der Waals surface area contributed by atoms with Crippen molar-refractivity contribution in [2.75, 3.05) is 13.6 Å². The molecule has 1 N–H and O–H groups in total. The second-order valence-electron chi connectivity index (χ2n) is 4.56. The van der Waals surface area contributed by atoms with Gasteiger partial charge in [-0.2, -0.15) is 0 Å². The van der Waals surface area contributed by atoms with E-state index in [1.54, 1.807) is 0 Å². The van der Waals surface area contributed by atoms with Crippen LogP contribution < -0.4 is 0 Å². The van der Waals surface area contributed by atoms with Crippen LogP contribution in [0.3, 0.4) is 0 Å². The van der Waals surface area contributed by atoms with Crippen molar-refractivity contribution >= 4 is 5.97 Å². The van der Waals surface area contributed by atoms with E-state index in [9.17, 15) is 9.90 Å². The average molecular weight is 219 g/mol. The summed E-state index contributed by atoms with van der Waals surface area (Å²) in [5, 5.41) is 9.19. The van der Waals surface area contributed by atoms with Crippen molar-refractivity contribution in [2.45, 2.75) is 25.8 Å². The van der Waals surface area contributed by atoms with E-state index in [1.165, 1.54) is 16.7 Å². The fourth-order valence-electron chi connectivity index (χ4n) is 2.28. The predicted molar refractivity (Wildman–Crippen MR) is 62.6 cm³/mol. The Balaban J connectivity index is 2.35. The Kier molecular flexibility index (Phi) is 2.97. The summed E-state index contributed by atoms with van der Waals surface area (Å²) in [5.41, 5.74) is 3.69. The molecule has 0 saturated heterocycles. The molecule has 0 fully saturated rings. The lowest BCUT2D eigenvalue weighted by Crippen LogP contribution is -2.39. The highest BCUT2D eigenvalue weighted by molar-refractivity contribution is 5.74. The lowest BCUT2D eigenvalue weighted by Gasteiger charge is -2.21. The molecule has 3 nitrogen and oxygen atoms in total. The molecule has 2 rings (SSSR count). The first-order chi connectivity index (χ1) is 7.58. The molecule has 1 atom stereocenters. The van der Waals surface area contributed by atoms with Crippen LogP contribution in [0.15, 0.2) is 18.2 Å². The minimum atomic E-state index is -0.725. The molecule has 0 aromatic heterocycles. The molecule has 0 radical (unpaired) electrons. The van der Waals surface area contributed by atoms with Crippen LogP contribution >= 0.6 is 0 Å². The summed E-state index contributed by atoms with van der Waals surface area (Å²) in [5.74, 6) is -0.725. The Morgan fingerprint density at radius 1 is 1.44 bits per heavy atom. The Hall–Kier alpha value is -1.35. The van der Waals surface area contributed by atoms with Crippen molar-refractivity contribution in [2.24, 2.45) is 0 Å². The van der Waals surface area contributed by atoms with Crippen molar-refractivity contribution in [1.82, 2.24) is 4.90 Å². The summed E-state index contributed by atoms with van der Waals surface area (Å²) in [6.45, 7) is 2.86. The van der Waals surface area contributed by atoms with Crippen molar-refractivity contribution in [3.8, 4) is 0 Å². The minimum Gasteiger partial charge on any atom is -0.480 e. The van der Waals surface area contributed by atoms with E-state index in [-0.39, 0.29) is 6.04 Å². The van der Waals surface area contributed by atoms with Gasteiger partial charge in [0.15, 0.2) is 0 Å². The van der Waals surface area contributed by atoms with Gasteiger partial charge in [-0.3, -0.25) is 9.69 Å². The molecule has 1 aromatic carbocycles. The predicted octanol–water partition coefficient (Wildman–Crippen LogP) is 1.48. The van der Waals surface area contributed by atoms with Crippen LogP contribution in [0, 0.1) is 6.92 Å². The molecule has 1 heterocycles. The summed E-state index contributed by atoms with van der Waals surface area (Å²) < 4.78 is 0. The van der Waals surface area contributed by atoms with Crippen molar-refractivity contribution in [3.63, 3.8) is 0 Å². The van der Waals surface area contributed by atoms with Gasteiger partial charge in [-0.1, -0.05) is 23.8 Å². The highest BCUT2D eigenvalue weighted by Crippen LogP contribution is 2.20. The molecular formula is C13H17NO2. The second kappa shape index (κ2) is 4.26. The van der Waals surface area contributed by atoms with Crippen molar-refractivity contribution in [1.29, 1.82) is 0 Å². The second-order valence-corrected chi connectivity index (χ2v) is 4.56. The lowest BCUT2D eigenvalue weighted by molar-refractivity contribution is -0.142. The number of benzene rings is 1. The third kappa shape index (κ3) is 2.09. The van der Waals surface area contributed by atoms with Crippen LogP contribution in [0.4, 0.5) is 0 Å². The average Bonchev–Trinajstić information content (AvgIpc) is 2.38. The molecule has 1 unspecified atom stereocenters. The fourth-order valence-corrected chi connectivity index (χ4v) is 2.28. The Labute approximate surface area is 95.7 Å². The van der Waals surface area contributed by atoms with Crippen LogP contribution in [0.25, 0.3) is 0 Å². The summed E-state index contributed by atoms with van der Waals surface area (Å²) in [7, 11) is 1.89. The molecule has 86 valence electrons. The molecule has 0 saturated carbocycles. The molecule has 0 amide bonds. The highest BCUT2D eigenvalue weighted by atomic mass is 16.4. The first kappa shape index (κ1) is 11.1. The number of hydrogen-bond acceptors (Lipinski definition) is 2. The molecule has 16 heavy (non-hydrogen) atoms. The van der Waals surface area contributed by atoms with Gasteiger partial charge in [0.05, 0.1) is 0 Å². The highest BCUT2D eigenvalue weighted by Gasteiger charge is 2.26. The largest absolute Gasteiger partial charge is 0.480 e. The molecule has 3 heteroatoms. The summed E-state index contributed by atoms with van der Waals surface area (Å²) >= 11 is 0. The van der Waals surface area contributed by atoms with E-state index in [0.29, 0.717) is 6.42 Å². The molecule has 1 aliphatic heterocycles. The normalized spacial score (nSPS) is 21.2. The zero-order valence-corrected chi connectivity index (χ0v) is 9.73. The van der Waals surface area contributed by atoms with Gasteiger partial charge in [-0.25, -0.2) is 0 Å². The SMILES string of the molecule is Cc1ccc2c(c1)CC(C(=O)O)N(C)CC2. The van der Waals surface area contributed by atoms with Crippen LogP contribution in [-0.2, 0) is 17.6 Å². The zero-order chi connectivity index (χ0) is 11.7. The van der Waals surface area contributed by atoms with Crippen LogP contribution in [0.2, 0.25) is 0 Å². The van der Waals surface area contributed by atoms with Crippen LogP contribution in [0.1, 0.15) is 16.7 Å². The van der Waals surface area contributed by atoms with E-state index in [4.69, 9.17) is 0 Å². The number of likely N-dealkylation sites (N-methyl/N-ethyl adjacent to an activating group) is 1. The van der Waals surface area contributed by atoms with E-state index in [0.717, 1.165) is 13.0 Å². The minimum absolute atomic E-state index is 0.386. The van der Waals surface area contributed by atoms with Crippen LogP contribution in [-0.4, -0.2) is 35.6 Å². The van der Waals surface area contributed by atoms with E-state index >= 15 is 0 Å². The third-order valence-electron chi connectivity index (χ3n) is 3.33. The number of fused-ring (bicyclic) bond motifs is 1. The van der Waals surface area contributed by atoms with Gasteiger partial charge in [0.25, 0.3) is 0 Å². The van der Waals surface area contributed by atoms with Crippen molar-refractivity contribution in [3.05, 3.63) is 34.9 Å². The third-order valence-corrected chi connectivity index (χ3v) is 3.33.